The van der Waals surface area contributed by atoms with Crippen molar-refractivity contribution in [2.24, 2.45) is 0 Å². The second kappa shape index (κ2) is 8.34. The summed E-state index contributed by atoms with van der Waals surface area (Å²) in [5.41, 5.74) is 0.846. The van der Waals surface area contributed by atoms with Crippen LogP contribution < -0.4 is 12.3 Å². The van der Waals surface area contributed by atoms with Crippen LogP contribution in [-0.4, -0.2) is 26.2 Å². The van der Waals surface area contributed by atoms with Gasteiger partial charge in [-0.25, -0.2) is 8.42 Å². The van der Waals surface area contributed by atoms with Crippen LogP contribution in [0.2, 0.25) is 5.02 Å². The summed E-state index contributed by atoms with van der Waals surface area (Å²) in [7, 11) is -3.41. The Morgan fingerprint density at radius 3 is 2.38 bits per heavy atom. The van der Waals surface area contributed by atoms with E-state index < -0.39 is 15.6 Å². The van der Waals surface area contributed by atoms with Crippen molar-refractivity contribution in [2.75, 3.05) is 6.26 Å². The molecule has 1 aromatic rings. The molecule has 6 nitrogen and oxygen atoms in total. The highest BCUT2D eigenvalue weighted by atomic mass is 35.5. The van der Waals surface area contributed by atoms with E-state index in [1.165, 1.54) is 24.3 Å². The average molecular weight is 373 g/mol. The van der Waals surface area contributed by atoms with Gasteiger partial charge in [0.15, 0.2) is 21.4 Å². The van der Waals surface area contributed by atoms with E-state index in [4.69, 9.17) is 11.6 Å². The lowest BCUT2D eigenvalue weighted by Crippen LogP contribution is -2.19. The monoisotopic (exact) mass is 372 g/mol. The van der Waals surface area contributed by atoms with Crippen molar-refractivity contribution in [2.45, 2.75) is 24.2 Å². The number of Topliss-reactive ketones (excluding diaryl/α,β-unsaturated/α-hetero) is 2. The number of rotatable bonds is 4. The van der Waals surface area contributed by atoms with Gasteiger partial charge in [-0.15, -0.1) is 0 Å². The maximum absolute atomic E-state index is 12.6. The van der Waals surface area contributed by atoms with Gasteiger partial charge in [0.1, 0.15) is 0 Å². The molecule has 0 heterocycles. The Morgan fingerprint density at radius 1 is 1.25 bits per heavy atom. The van der Waals surface area contributed by atoms with Crippen LogP contribution in [0.25, 0.3) is 0 Å². The summed E-state index contributed by atoms with van der Waals surface area (Å²) in [6.45, 7) is 3.64. The number of hydrogen-bond donors (Lipinski definition) is 2. The zero-order chi connectivity index (χ0) is 16.5. The van der Waals surface area contributed by atoms with Crippen molar-refractivity contribution in [1.29, 1.82) is 0 Å². The van der Waals surface area contributed by atoms with E-state index in [0.29, 0.717) is 24.8 Å². The Bertz CT molecular complexity index is 813. The number of carbonyl (C=O) groups is 2. The van der Waals surface area contributed by atoms with Crippen LogP contribution >= 0.6 is 11.6 Å². The number of benzene rings is 1. The first-order valence-corrected chi connectivity index (χ1v) is 8.95. The van der Waals surface area contributed by atoms with Gasteiger partial charge in [0, 0.05) is 18.2 Å². The third-order valence-electron chi connectivity index (χ3n) is 3.54. The maximum atomic E-state index is 12.6. The van der Waals surface area contributed by atoms with Crippen LogP contribution in [0.5, 0.6) is 0 Å². The smallest absolute Gasteiger partial charge is 0.198 e. The van der Waals surface area contributed by atoms with E-state index in [-0.39, 0.29) is 39.1 Å². The largest absolute Gasteiger partial charge is 0.344 e. The minimum atomic E-state index is -3.41. The van der Waals surface area contributed by atoms with Crippen molar-refractivity contribution in [3.8, 4) is 0 Å². The average Bonchev–Trinajstić information content (AvgIpc) is 2.45. The number of halogens is 1. The Labute approximate surface area is 146 Å². The Balaban J connectivity index is 0.00000264. The number of sulfone groups is 1. The minimum Gasteiger partial charge on any atom is -0.344 e. The second-order valence-corrected chi connectivity index (χ2v) is 7.55. The van der Waals surface area contributed by atoms with E-state index in [9.17, 15) is 18.0 Å². The molecule has 2 rings (SSSR count). The van der Waals surface area contributed by atoms with Crippen molar-refractivity contribution >= 4 is 33.0 Å². The molecule has 0 amide bonds. The van der Waals surface area contributed by atoms with E-state index in [2.05, 4.69) is 6.58 Å². The van der Waals surface area contributed by atoms with Crippen LogP contribution in [0.3, 0.4) is 0 Å². The summed E-state index contributed by atoms with van der Waals surface area (Å²) in [5, 5.41) is 0.0159. The van der Waals surface area contributed by atoms with Gasteiger partial charge in [-0.2, -0.15) is 0 Å². The third-order valence-corrected chi connectivity index (χ3v) is 4.96. The number of allylic oxidation sites excluding steroid dienone is 3. The molecule has 132 valence electrons. The first-order chi connectivity index (χ1) is 10.3. The topological polar surface area (TPSA) is 138 Å². The highest BCUT2D eigenvalue weighted by Gasteiger charge is 2.27. The normalized spacial score (nSPS) is 14.5. The molecule has 0 bridgehead atoms. The van der Waals surface area contributed by atoms with E-state index in [1.54, 1.807) is 0 Å². The van der Waals surface area contributed by atoms with Crippen LogP contribution in [-0.2, 0) is 14.6 Å². The molecule has 1 aliphatic carbocycles. The predicted octanol–water partition coefficient (Wildman–Crippen LogP) is 3.49. The summed E-state index contributed by atoms with van der Waals surface area (Å²) in [6, 6.07) is 3.89. The molecule has 24 heavy (non-hydrogen) atoms. The fraction of sp³-hybridized carbons (Fsp3) is 0.250. The highest BCUT2D eigenvalue weighted by Crippen LogP contribution is 2.29. The molecule has 0 saturated carbocycles. The molecule has 8 heteroatoms. The Hall–Kier alpha value is -1.80. The summed E-state index contributed by atoms with van der Waals surface area (Å²) in [6.07, 6.45) is 4.21. The summed E-state index contributed by atoms with van der Waals surface area (Å²) in [5.74, 6) is -0.709. The van der Waals surface area contributed by atoms with Crippen molar-refractivity contribution in [3.63, 3.8) is 0 Å². The van der Waals surface area contributed by atoms with Gasteiger partial charge in [-0.3, -0.25) is 9.59 Å². The molecule has 1 aliphatic rings. The Kier molecular flexibility index (Phi) is 7.72. The number of hydrogen-bond acceptors (Lipinski definition) is 6. The lowest BCUT2D eigenvalue weighted by atomic mass is 9.86. The number of ketones is 2. The SMILES string of the molecule is C=CC1=C(C(=O)c2ccc(S(C)(=O)=O)cc2Cl)C(=O)CCC1.N.N. The molecule has 0 saturated heterocycles. The van der Waals surface area contributed by atoms with Crippen LogP contribution in [0.15, 0.2) is 46.9 Å². The molecule has 6 N–H and O–H groups in total. The molecule has 0 aromatic heterocycles. The molecule has 0 radical (unpaired) electrons. The maximum Gasteiger partial charge on any atom is 0.198 e. The quantitative estimate of drug-likeness (QED) is 0.612. The van der Waals surface area contributed by atoms with Crippen molar-refractivity contribution < 1.29 is 18.0 Å². The van der Waals surface area contributed by atoms with Gasteiger partial charge >= 0.3 is 0 Å². The molecule has 0 unspecified atom stereocenters. The van der Waals surface area contributed by atoms with E-state index >= 15 is 0 Å². The van der Waals surface area contributed by atoms with Crippen LogP contribution in [0.1, 0.15) is 29.6 Å². The van der Waals surface area contributed by atoms with Crippen LogP contribution in [0.4, 0.5) is 0 Å². The fourth-order valence-electron chi connectivity index (χ4n) is 2.39. The third kappa shape index (κ3) is 4.39. The van der Waals surface area contributed by atoms with Crippen molar-refractivity contribution in [3.05, 3.63) is 52.6 Å². The zero-order valence-electron chi connectivity index (χ0n) is 13.5. The summed E-state index contributed by atoms with van der Waals surface area (Å²) >= 11 is 6.04. The predicted molar refractivity (Wildman–Crippen MR) is 95.0 cm³/mol. The van der Waals surface area contributed by atoms with E-state index in [0.717, 1.165) is 6.26 Å². The first kappa shape index (κ1) is 22.2. The van der Waals surface area contributed by atoms with Gasteiger partial charge in [-0.05, 0) is 36.6 Å². The molecule has 0 aliphatic heterocycles. The molecule has 1 aromatic carbocycles. The van der Waals surface area contributed by atoms with E-state index in [1.807, 2.05) is 0 Å². The minimum absolute atomic E-state index is 0. The second-order valence-electron chi connectivity index (χ2n) is 5.12. The van der Waals surface area contributed by atoms with Gasteiger partial charge < -0.3 is 12.3 Å². The molecule has 0 fully saturated rings. The summed E-state index contributed by atoms with van der Waals surface area (Å²) in [4.78, 5) is 24.7. The van der Waals surface area contributed by atoms with Gasteiger partial charge in [0.2, 0.25) is 0 Å². The standard InChI is InChI=1S/C16H15ClO4S.2H3N/c1-3-10-5-4-6-14(18)15(10)16(19)12-8-7-11(9-13(12)17)22(2,20)21;;/h3,7-9H,1,4-6H2,2H3;2*1H3. The molecule has 0 spiro atoms. The van der Waals surface area contributed by atoms with Crippen molar-refractivity contribution in [1.82, 2.24) is 12.3 Å². The number of carbonyl (C=O) groups excluding carboxylic acids is 2. The molecular formula is C16H21ClN2O4S. The highest BCUT2D eigenvalue weighted by molar-refractivity contribution is 7.90. The molecular weight excluding hydrogens is 352 g/mol. The Morgan fingerprint density at radius 2 is 1.88 bits per heavy atom. The van der Waals surface area contributed by atoms with Crippen LogP contribution in [0, 0.1) is 0 Å². The van der Waals surface area contributed by atoms with Gasteiger partial charge in [-0.1, -0.05) is 24.3 Å². The molecule has 0 atom stereocenters. The zero-order valence-corrected chi connectivity index (χ0v) is 15.0. The lowest BCUT2D eigenvalue weighted by Gasteiger charge is -2.16. The summed E-state index contributed by atoms with van der Waals surface area (Å²) < 4.78 is 23.0. The first-order valence-electron chi connectivity index (χ1n) is 6.69. The lowest BCUT2D eigenvalue weighted by molar-refractivity contribution is -0.115. The van der Waals surface area contributed by atoms with Gasteiger partial charge in [0.25, 0.3) is 0 Å². The fourth-order valence-corrected chi connectivity index (χ4v) is 3.37. The van der Waals surface area contributed by atoms with Gasteiger partial charge in [0.05, 0.1) is 15.5 Å².